The van der Waals surface area contributed by atoms with E-state index in [0.29, 0.717) is 5.69 Å². The zero-order valence-corrected chi connectivity index (χ0v) is 10.7. The van der Waals surface area contributed by atoms with E-state index in [1.165, 1.54) is 12.3 Å². The number of rotatable bonds is 2. The van der Waals surface area contributed by atoms with Crippen molar-refractivity contribution in [3.8, 4) is 17.1 Å². The highest BCUT2D eigenvalue weighted by atomic mass is 16.4. The van der Waals surface area contributed by atoms with Crippen LogP contribution in [-0.4, -0.2) is 25.7 Å². The Balaban J connectivity index is 2.17. The van der Waals surface area contributed by atoms with Gasteiger partial charge in [0.15, 0.2) is 0 Å². The highest BCUT2D eigenvalue weighted by Crippen LogP contribution is 2.31. The molecule has 0 unspecified atom stereocenters. The molecular formula is C15H12N2O3. The minimum atomic E-state index is -1.00. The molecule has 2 heterocycles. The summed E-state index contributed by atoms with van der Waals surface area (Å²) in [5, 5.41) is 19.7. The smallest absolute Gasteiger partial charge is 0.337 e. The molecular weight excluding hydrogens is 256 g/mol. The third-order valence-electron chi connectivity index (χ3n) is 3.31. The molecule has 0 amide bonds. The van der Waals surface area contributed by atoms with Crippen molar-refractivity contribution in [2.24, 2.45) is 7.05 Å². The minimum Gasteiger partial charge on any atom is -0.506 e. The lowest BCUT2D eigenvalue weighted by Gasteiger charge is -2.05. The van der Waals surface area contributed by atoms with Crippen molar-refractivity contribution in [2.45, 2.75) is 0 Å². The fourth-order valence-electron chi connectivity index (χ4n) is 2.31. The van der Waals surface area contributed by atoms with E-state index in [4.69, 9.17) is 5.11 Å². The summed E-state index contributed by atoms with van der Waals surface area (Å²) >= 11 is 0. The number of phenols is 1. The lowest BCUT2D eigenvalue weighted by Crippen LogP contribution is -1.98. The zero-order chi connectivity index (χ0) is 14.3. The Morgan fingerprint density at radius 3 is 2.65 bits per heavy atom. The van der Waals surface area contributed by atoms with Crippen molar-refractivity contribution in [1.29, 1.82) is 0 Å². The van der Waals surface area contributed by atoms with Gasteiger partial charge in [-0.15, -0.1) is 0 Å². The quantitative estimate of drug-likeness (QED) is 0.749. The number of pyridine rings is 1. The fraction of sp³-hybridized carbons (Fsp3) is 0.0667. The van der Waals surface area contributed by atoms with Gasteiger partial charge in [0.1, 0.15) is 5.75 Å². The van der Waals surface area contributed by atoms with Crippen molar-refractivity contribution in [3.63, 3.8) is 0 Å². The predicted octanol–water partition coefficient (Wildman–Crippen LogP) is 2.64. The summed E-state index contributed by atoms with van der Waals surface area (Å²) in [7, 11) is 1.84. The number of hydrogen-bond acceptors (Lipinski definition) is 3. The number of aryl methyl sites for hydroxylation is 1. The molecule has 0 aliphatic carbocycles. The molecule has 5 nitrogen and oxygen atoms in total. The van der Waals surface area contributed by atoms with E-state index in [-0.39, 0.29) is 11.3 Å². The third kappa shape index (κ3) is 1.80. The number of carboxylic acids is 1. The maximum atomic E-state index is 10.8. The number of phenolic OH excluding ortho intramolecular Hbond substituents is 1. The van der Waals surface area contributed by atoms with Gasteiger partial charge in [0, 0.05) is 18.6 Å². The topological polar surface area (TPSA) is 75.4 Å². The van der Waals surface area contributed by atoms with Crippen LogP contribution in [-0.2, 0) is 7.05 Å². The Labute approximate surface area is 114 Å². The molecule has 0 saturated heterocycles. The Kier molecular flexibility index (Phi) is 2.68. The number of hydrogen-bond donors (Lipinski definition) is 2. The minimum absolute atomic E-state index is 0.148. The van der Waals surface area contributed by atoms with Crippen molar-refractivity contribution in [1.82, 2.24) is 9.55 Å². The molecule has 3 rings (SSSR count). The first-order chi connectivity index (χ1) is 9.58. The van der Waals surface area contributed by atoms with E-state index in [1.54, 1.807) is 18.2 Å². The van der Waals surface area contributed by atoms with Crippen LogP contribution in [0.1, 0.15) is 10.4 Å². The van der Waals surface area contributed by atoms with Gasteiger partial charge >= 0.3 is 5.97 Å². The van der Waals surface area contributed by atoms with E-state index in [0.717, 1.165) is 16.6 Å². The zero-order valence-electron chi connectivity index (χ0n) is 10.7. The number of carboxylic acid groups (broad SMARTS) is 1. The summed E-state index contributed by atoms with van der Waals surface area (Å²) in [5.74, 6) is -0.794. The standard InChI is InChI=1S/C15H12N2O3/c1-17-12(7-9-3-2-4-13(18)14(9)17)11-6-5-10(8-16-11)15(19)20/h2-8,18H,1H3,(H,19,20). The van der Waals surface area contributed by atoms with Crippen LogP contribution in [0.25, 0.3) is 22.3 Å². The van der Waals surface area contributed by atoms with Crippen molar-refractivity contribution < 1.29 is 15.0 Å². The van der Waals surface area contributed by atoms with E-state index in [2.05, 4.69) is 4.98 Å². The molecule has 0 atom stereocenters. The molecule has 0 fully saturated rings. The van der Waals surface area contributed by atoms with Gasteiger partial charge < -0.3 is 14.8 Å². The molecule has 0 spiro atoms. The fourth-order valence-corrected chi connectivity index (χ4v) is 2.31. The lowest BCUT2D eigenvalue weighted by molar-refractivity contribution is 0.0696. The van der Waals surface area contributed by atoms with E-state index >= 15 is 0 Å². The molecule has 0 radical (unpaired) electrons. The van der Waals surface area contributed by atoms with Gasteiger partial charge in [-0.3, -0.25) is 4.98 Å². The summed E-state index contributed by atoms with van der Waals surface area (Å²) < 4.78 is 1.84. The first-order valence-corrected chi connectivity index (χ1v) is 6.05. The SMILES string of the molecule is Cn1c(-c2ccc(C(=O)O)cn2)cc2cccc(O)c21. The van der Waals surface area contributed by atoms with Crippen LogP contribution in [0.4, 0.5) is 0 Å². The summed E-state index contributed by atoms with van der Waals surface area (Å²) in [5.41, 5.74) is 2.36. The summed E-state index contributed by atoms with van der Waals surface area (Å²) in [6, 6.07) is 10.4. The van der Waals surface area contributed by atoms with Gasteiger partial charge in [-0.25, -0.2) is 4.79 Å². The average molecular weight is 268 g/mol. The molecule has 20 heavy (non-hydrogen) atoms. The van der Waals surface area contributed by atoms with Gasteiger partial charge in [0.2, 0.25) is 0 Å². The second kappa shape index (κ2) is 4.38. The van der Waals surface area contributed by atoms with Gasteiger partial charge in [0.25, 0.3) is 0 Å². The number of benzene rings is 1. The Morgan fingerprint density at radius 1 is 1.25 bits per heavy atom. The molecule has 2 N–H and O–H groups in total. The van der Waals surface area contributed by atoms with Crippen LogP contribution < -0.4 is 0 Å². The third-order valence-corrected chi connectivity index (χ3v) is 3.31. The van der Waals surface area contributed by atoms with Crippen molar-refractivity contribution >= 4 is 16.9 Å². The van der Waals surface area contributed by atoms with Crippen molar-refractivity contribution in [2.75, 3.05) is 0 Å². The van der Waals surface area contributed by atoms with E-state index < -0.39 is 5.97 Å². The Hall–Kier alpha value is -2.82. The molecule has 0 aliphatic rings. The van der Waals surface area contributed by atoms with Gasteiger partial charge in [-0.1, -0.05) is 12.1 Å². The molecule has 2 aromatic heterocycles. The summed E-state index contributed by atoms with van der Waals surface area (Å²) in [6.07, 6.45) is 1.33. The molecule has 5 heteroatoms. The maximum Gasteiger partial charge on any atom is 0.337 e. The van der Waals surface area contributed by atoms with E-state index in [1.807, 2.05) is 23.7 Å². The lowest BCUT2D eigenvalue weighted by atomic mass is 10.2. The Morgan fingerprint density at radius 2 is 2.05 bits per heavy atom. The normalized spacial score (nSPS) is 10.8. The average Bonchev–Trinajstić information content (AvgIpc) is 2.77. The van der Waals surface area contributed by atoms with Crippen LogP contribution in [0.5, 0.6) is 5.75 Å². The largest absolute Gasteiger partial charge is 0.506 e. The molecule has 0 bridgehead atoms. The molecule has 0 aliphatic heterocycles. The molecule has 3 aromatic rings. The van der Waals surface area contributed by atoms with Crippen LogP contribution in [0.15, 0.2) is 42.6 Å². The number of carbonyl (C=O) groups is 1. The number of fused-ring (bicyclic) bond motifs is 1. The highest BCUT2D eigenvalue weighted by molar-refractivity contribution is 5.91. The molecule has 1 aromatic carbocycles. The monoisotopic (exact) mass is 268 g/mol. The predicted molar refractivity (Wildman–Crippen MR) is 74.8 cm³/mol. The van der Waals surface area contributed by atoms with Crippen molar-refractivity contribution in [3.05, 3.63) is 48.2 Å². The van der Waals surface area contributed by atoms with Gasteiger partial charge in [-0.05, 0) is 24.3 Å². The second-order valence-corrected chi connectivity index (χ2v) is 4.54. The molecule has 0 saturated carbocycles. The first-order valence-electron chi connectivity index (χ1n) is 6.05. The van der Waals surface area contributed by atoms with Crippen LogP contribution in [0.2, 0.25) is 0 Å². The summed E-state index contributed by atoms with van der Waals surface area (Å²) in [6.45, 7) is 0. The maximum absolute atomic E-state index is 10.8. The highest BCUT2D eigenvalue weighted by Gasteiger charge is 2.12. The summed E-state index contributed by atoms with van der Waals surface area (Å²) in [4.78, 5) is 15.0. The number of aromatic nitrogens is 2. The molecule has 100 valence electrons. The number of nitrogens with zero attached hydrogens (tertiary/aromatic N) is 2. The number of aromatic hydroxyl groups is 1. The van der Waals surface area contributed by atoms with Crippen LogP contribution in [0.3, 0.4) is 0 Å². The number of para-hydroxylation sites is 1. The van der Waals surface area contributed by atoms with Crippen LogP contribution in [0, 0.1) is 0 Å². The van der Waals surface area contributed by atoms with Gasteiger partial charge in [-0.2, -0.15) is 0 Å². The number of aromatic carboxylic acids is 1. The van der Waals surface area contributed by atoms with E-state index in [9.17, 15) is 9.90 Å². The van der Waals surface area contributed by atoms with Crippen LogP contribution >= 0.6 is 0 Å². The first kappa shape index (κ1) is 12.2. The van der Waals surface area contributed by atoms with Gasteiger partial charge in [0.05, 0.1) is 22.5 Å². The Bertz CT molecular complexity index is 804. The second-order valence-electron chi connectivity index (χ2n) is 4.54.